The van der Waals surface area contributed by atoms with Gasteiger partial charge in [-0.1, -0.05) is 0 Å². The molecule has 0 aromatic rings. The molecule has 0 aliphatic carbocycles. The Morgan fingerprint density at radius 3 is 1.52 bits per heavy atom. The van der Waals surface area contributed by atoms with Gasteiger partial charge in [0, 0.05) is 19.8 Å². The lowest BCUT2D eigenvalue weighted by Gasteiger charge is -2.30. The van der Waals surface area contributed by atoms with Crippen LogP contribution in [0.3, 0.4) is 0 Å². The van der Waals surface area contributed by atoms with Crippen molar-refractivity contribution >= 4 is 0 Å². The van der Waals surface area contributed by atoms with Gasteiger partial charge < -0.3 is 18.9 Å². The van der Waals surface area contributed by atoms with Crippen molar-refractivity contribution in [3.8, 4) is 0 Å². The SMILES string of the molecule is CC(C)(C)OC1CCOC1.CC(C)(C)OC1CCOCC1. The molecule has 0 aromatic carbocycles. The standard InChI is InChI=1S/C9H18O2.C8H16O2/c1-9(2,3)11-8-4-6-10-7-5-8;1-8(2,3)10-7-4-5-9-6-7/h8H,4-7H2,1-3H3;7H,4-6H2,1-3H3. The van der Waals surface area contributed by atoms with E-state index in [1.54, 1.807) is 0 Å². The third kappa shape index (κ3) is 10.2. The molecule has 0 saturated carbocycles. The maximum absolute atomic E-state index is 5.80. The van der Waals surface area contributed by atoms with Crippen LogP contribution in [0.4, 0.5) is 0 Å². The third-order valence-corrected chi connectivity index (χ3v) is 3.10. The van der Waals surface area contributed by atoms with Gasteiger partial charge in [-0.15, -0.1) is 0 Å². The van der Waals surface area contributed by atoms with Crippen LogP contribution in [0.2, 0.25) is 0 Å². The summed E-state index contributed by atoms with van der Waals surface area (Å²) < 4.78 is 21.9. The molecule has 2 aliphatic heterocycles. The fourth-order valence-corrected chi connectivity index (χ4v) is 2.40. The summed E-state index contributed by atoms with van der Waals surface area (Å²) in [5, 5.41) is 0. The molecule has 0 spiro atoms. The Morgan fingerprint density at radius 1 is 0.667 bits per heavy atom. The van der Waals surface area contributed by atoms with Gasteiger partial charge >= 0.3 is 0 Å². The number of rotatable bonds is 2. The van der Waals surface area contributed by atoms with Gasteiger partial charge in [0.2, 0.25) is 0 Å². The predicted molar refractivity (Wildman–Crippen MR) is 84.7 cm³/mol. The molecule has 1 unspecified atom stereocenters. The van der Waals surface area contributed by atoms with Gasteiger partial charge in [-0.05, 0) is 60.8 Å². The van der Waals surface area contributed by atoms with Crippen LogP contribution in [0.5, 0.6) is 0 Å². The third-order valence-electron chi connectivity index (χ3n) is 3.10. The molecule has 21 heavy (non-hydrogen) atoms. The van der Waals surface area contributed by atoms with Gasteiger partial charge in [-0.25, -0.2) is 0 Å². The highest BCUT2D eigenvalue weighted by molar-refractivity contribution is 4.69. The maximum Gasteiger partial charge on any atom is 0.0837 e. The second kappa shape index (κ2) is 8.47. The molecule has 2 rings (SSSR count). The van der Waals surface area contributed by atoms with Gasteiger partial charge in [-0.2, -0.15) is 0 Å². The lowest BCUT2D eigenvalue weighted by Crippen LogP contribution is -2.31. The zero-order valence-corrected chi connectivity index (χ0v) is 14.7. The summed E-state index contributed by atoms with van der Waals surface area (Å²) in [6.45, 7) is 15.9. The van der Waals surface area contributed by atoms with Crippen LogP contribution in [0, 0.1) is 0 Å². The second-order valence-electron chi connectivity index (χ2n) is 7.76. The Labute approximate surface area is 130 Å². The Hall–Kier alpha value is -0.160. The van der Waals surface area contributed by atoms with Gasteiger partial charge in [0.1, 0.15) is 0 Å². The molecule has 0 radical (unpaired) electrons. The largest absolute Gasteiger partial charge is 0.381 e. The van der Waals surface area contributed by atoms with E-state index in [2.05, 4.69) is 41.5 Å². The van der Waals surface area contributed by atoms with Crippen LogP contribution in [-0.2, 0) is 18.9 Å². The van der Waals surface area contributed by atoms with Gasteiger partial charge in [0.25, 0.3) is 0 Å². The Bertz CT molecular complexity index is 265. The van der Waals surface area contributed by atoms with Crippen LogP contribution in [0.25, 0.3) is 0 Å². The zero-order valence-electron chi connectivity index (χ0n) is 14.7. The summed E-state index contributed by atoms with van der Waals surface area (Å²) in [6, 6.07) is 0. The molecule has 0 amide bonds. The van der Waals surface area contributed by atoms with E-state index in [-0.39, 0.29) is 11.2 Å². The van der Waals surface area contributed by atoms with Crippen LogP contribution in [0.15, 0.2) is 0 Å². The first-order chi connectivity index (χ1) is 9.66. The van der Waals surface area contributed by atoms with Crippen LogP contribution >= 0.6 is 0 Å². The normalized spacial score (nSPS) is 24.6. The highest BCUT2D eigenvalue weighted by atomic mass is 16.6. The van der Waals surface area contributed by atoms with Crippen LogP contribution < -0.4 is 0 Å². The molecule has 2 saturated heterocycles. The smallest absolute Gasteiger partial charge is 0.0837 e. The number of hydrogen-bond acceptors (Lipinski definition) is 4. The molecule has 2 fully saturated rings. The lowest BCUT2D eigenvalue weighted by molar-refractivity contribution is -0.100. The minimum Gasteiger partial charge on any atom is -0.381 e. The molecule has 2 aliphatic rings. The zero-order chi connectivity index (χ0) is 15.9. The molecule has 4 heteroatoms. The lowest BCUT2D eigenvalue weighted by atomic mass is 10.1. The molecule has 126 valence electrons. The minimum absolute atomic E-state index is 0.00199. The molecular formula is C17H34O4. The summed E-state index contributed by atoms with van der Waals surface area (Å²) in [6.07, 6.45) is 3.91. The van der Waals surface area contributed by atoms with E-state index in [0.29, 0.717) is 12.2 Å². The Morgan fingerprint density at radius 2 is 1.10 bits per heavy atom. The first-order valence-electron chi connectivity index (χ1n) is 8.17. The average molecular weight is 302 g/mol. The van der Waals surface area contributed by atoms with E-state index in [1.165, 1.54) is 0 Å². The van der Waals surface area contributed by atoms with E-state index in [0.717, 1.165) is 45.7 Å². The predicted octanol–water partition coefficient (Wildman–Crippen LogP) is 3.57. The molecular weight excluding hydrogens is 268 g/mol. The molecule has 0 aromatic heterocycles. The number of ether oxygens (including phenoxy) is 4. The fraction of sp³-hybridized carbons (Fsp3) is 1.00. The van der Waals surface area contributed by atoms with Crippen molar-refractivity contribution in [3.63, 3.8) is 0 Å². The molecule has 0 N–H and O–H groups in total. The van der Waals surface area contributed by atoms with Crippen molar-refractivity contribution in [2.24, 2.45) is 0 Å². The molecule has 0 bridgehead atoms. The van der Waals surface area contributed by atoms with Crippen molar-refractivity contribution < 1.29 is 18.9 Å². The van der Waals surface area contributed by atoms with Crippen molar-refractivity contribution in [2.75, 3.05) is 26.4 Å². The van der Waals surface area contributed by atoms with Crippen molar-refractivity contribution in [2.45, 2.75) is 84.2 Å². The second-order valence-corrected chi connectivity index (χ2v) is 7.76. The Balaban J connectivity index is 0.000000211. The summed E-state index contributed by atoms with van der Waals surface area (Å²) in [7, 11) is 0. The highest BCUT2D eigenvalue weighted by Crippen LogP contribution is 2.18. The van der Waals surface area contributed by atoms with Gasteiger partial charge in [0.05, 0.1) is 30.0 Å². The number of hydrogen-bond donors (Lipinski definition) is 0. The first-order valence-corrected chi connectivity index (χ1v) is 8.17. The van der Waals surface area contributed by atoms with Crippen LogP contribution in [-0.4, -0.2) is 49.8 Å². The van der Waals surface area contributed by atoms with E-state index >= 15 is 0 Å². The van der Waals surface area contributed by atoms with Crippen molar-refractivity contribution in [1.29, 1.82) is 0 Å². The van der Waals surface area contributed by atoms with Crippen LogP contribution in [0.1, 0.15) is 60.8 Å². The topological polar surface area (TPSA) is 36.9 Å². The van der Waals surface area contributed by atoms with Gasteiger partial charge in [0.15, 0.2) is 0 Å². The molecule has 4 nitrogen and oxygen atoms in total. The van der Waals surface area contributed by atoms with Gasteiger partial charge in [-0.3, -0.25) is 0 Å². The maximum atomic E-state index is 5.80. The average Bonchev–Trinajstić information content (AvgIpc) is 2.79. The van der Waals surface area contributed by atoms with Crippen molar-refractivity contribution in [3.05, 3.63) is 0 Å². The fourth-order valence-electron chi connectivity index (χ4n) is 2.40. The quantitative estimate of drug-likeness (QED) is 0.781. The highest BCUT2D eigenvalue weighted by Gasteiger charge is 2.22. The van der Waals surface area contributed by atoms with E-state index < -0.39 is 0 Å². The van der Waals surface area contributed by atoms with E-state index in [1.807, 2.05) is 0 Å². The summed E-state index contributed by atoms with van der Waals surface area (Å²) in [5.41, 5.74) is -0.0135. The van der Waals surface area contributed by atoms with Crippen molar-refractivity contribution in [1.82, 2.24) is 0 Å². The molecule has 1 atom stereocenters. The van der Waals surface area contributed by atoms with E-state index in [9.17, 15) is 0 Å². The summed E-state index contributed by atoms with van der Waals surface area (Å²) >= 11 is 0. The van der Waals surface area contributed by atoms with E-state index in [4.69, 9.17) is 18.9 Å². The summed E-state index contributed by atoms with van der Waals surface area (Å²) in [5.74, 6) is 0. The molecule has 2 heterocycles. The minimum atomic E-state index is -0.0155. The summed E-state index contributed by atoms with van der Waals surface area (Å²) in [4.78, 5) is 0. The monoisotopic (exact) mass is 302 g/mol. The Kier molecular flexibility index (Phi) is 7.62. The first kappa shape index (κ1) is 18.9.